The molecular formula is C121H116F6N10O11. The molecule has 20 rings (SSSR count). The van der Waals surface area contributed by atoms with Crippen LogP contribution in [-0.4, -0.2) is 56.9 Å². The van der Waals surface area contributed by atoms with Crippen molar-refractivity contribution in [2.75, 3.05) is 7.11 Å². The molecule has 5 aliphatic rings. The molecule has 0 aliphatic heterocycles. The highest BCUT2D eigenvalue weighted by atomic mass is 19.4. The number of ether oxygens (including phenoxy) is 1. The number of para-hydroxylation sites is 1. The van der Waals surface area contributed by atoms with Crippen LogP contribution < -0.4 is 61.0 Å². The maximum absolute atomic E-state index is 13.6. The Morgan fingerprint density at radius 3 is 0.838 bits per heavy atom. The zero-order valence-electron chi connectivity index (χ0n) is 82.6. The number of hydrogen-bond donors (Lipinski definition) is 10. The lowest BCUT2D eigenvalue weighted by Crippen LogP contribution is -2.30. The lowest BCUT2D eigenvalue weighted by atomic mass is 9.81. The predicted molar refractivity (Wildman–Crippen MR) is 570 cm³/mol. The number of hydrogen-bond acceptors (Lipinski definition) is 11. The maximum Gasteiger partial charge on any atom is 0.417 e. The summed E-state index contributed by atoms with van der Waals surface area (Å²) >= 11 is 0. The van der Waals surface area contributed by atoms with Gasteiger partial charge in [0, 0.05) is 124 Å². The first-order chi connectivity index (χ1) is 71.4. The van der Waals surface area contributed by atoms with Crippen molar-refractivity contribution >= 4 is 27.9 Å². The molecule has 5 atom stereocenters. The molecule has 0 radical (unpaired) electrons. The highest BCUT2D eigenvalue weighted by molar-refractivity contribution is 5.74. The molecule has 21 nitrogen and oxygen atoms in total. The van der Waals surface area contributed by atoms with Crippen molar-refractivity contribution in [3.05, 3.63) is 541 Å². The number of H-pyrrole nitrogens is 10. The van der Waals surface area contributed by atoms with Crippen LogP contribution in [0.15, 0.2) is 345 Å². The summed E-state index contributed by atoms with van der Waals surface area (Å²) < 4.78 is 86.4. The van der Waals surface area contributed by atoms with Crippen molar-refractivity contribution in [2.24, 2.45) is 0 Å². The Labute approximate surface area is 849 Å². The van der Waals surface area contributed by atoms with Crippen LogP contribution in [0.5, 0.6) is 5.75 Å². The van der Waals surface area contributed by atoms with E-state index in [1.807, 2.05) is 170 Å². The van der Waals surface area contributed by atoms with E-state index in [2.05, 4.69) is 137 Å². The van der Waals surface area contributed by atoms with Gasteiger partial charge in [-0.05, 0) is 219 Å². The fraction of sp³-hybridized carbons (Fsp3) is 0.256. The van der Waals surface area contributed by atoms with Crippen LogP contribution in [0.2, 0.25) is 0 Å². The summed E-state index contributed by atoms with van der Waals surface area (Å²) in [7, 11) is 1.68. The molecule has 27 heteroatoms. The monoisotopic (exact) mass is 2000 g/mol. The lowest BCUT2D eigenvalue weighted by molar-refractivity contribution is -0.138. The SMILES string of the molecule is COc1ccccc1C1=CCC(c2[nH]c(=O)[nH]c(=O)c2Cc2ccccc2)CC1.Cc1ccc(C2=CCC(c3[nH]c(=O)[nH]c(=O)c3Cc3ccccc3)CC2)c(C(F)(F)F)c1.Cc1cccc(C2=CCC(c3[nH]c(=O)[nH]c(=O)c3Cc3ccccc3)CC2)c1.Cc1ccccc1C1=CCC(c2[nH]c(=O)[nH]c(=O)c2Cc2ccccc2)CC1.O=c1[nH]c(C2CC=C(c3ccccc3C(F)(F)F)CC2)c(Cc2ccccc2)c(=O)[nH]1. The topological polar surface area (TPSA) is 338 Å². The first-order valence-corrected chi connectivity index (χ1v) is 49.9. The van der Waals surface area contributed by atoms with Gasteiger partial charge in [-0.3, -0.25) is 48.9 Å². The Morgan fingerprint density at radius 1 is 0.264 bits per heavy atom. The molecule has 0 fully saturated rings. The Hall–Kier alpha value is -16.3. The van der Waals surface area contributed by atoms with E-state index in [0.29, 0.717) is 127 Å². The van der Waals surface area contributed by atoms with Crippen molar-refractivity contribution < 1.29 is 31.1 Å². The third-order valence-corrected chi connectivity index (χ3v) is 28.3. The number of methoxy groups -OCH3 is 1. The molecular weight excluding hydrogens is 1880 g/mol. The molecule has 0 saturated heterocycles. The Bertz CT molecular complexity index is 8080. The van der Waals surface area contributed by atoms with E-state index < -0.39 is 63.0 Å². The van der Waals surface area contributed by atoms with Gasteiger partial charge in [0.15, 0.2) is 0 Å². The third kappa shape index (κ3) is 26.7. The Kier molecular flexibility index (Phi) is 34.0. The number of allylic oxidation sites excluding steroid dienone is 10. The molecule has 148 heavy (non-hydrogen) atoms. The molecule has 15 aromatic rings. The minimum atomic E-state index is -4.43. The quantitative estimate of drug-likeness (QED) is 0.0301. The minimum absolute atomic E-state index is 0.113. The average molecular weight is 2000 g/mol. The number of alkyl halides is 6. The molecule has 10 aromatic carbocycles. The van der Waals surface area contributed by atoms with Crippen molar-refractivity contribution in [3.63, 3.8) is 0 Å². The van der Waals surface area contributed by atoms with Gasteiger partial charge in [0.2, 0.25) is 0 Å². The van der Waals surface area contributed by atoms with Gasteiger partial charge in [-0.2, -0.15) is 26.3 Å². The van der Waals surface area contributed by atoms with Gasteiger partial charge in [0.05, 0.1) is 18.2 Å². The third-order valence-electron chi connectivity index (χ3n) is 28.3. The smallest absolute Gasteiger partial charge is 0.417 e. The second-order valence-corrected chi connectivity index (χ2v) is 38.3. The van der Waals surface area contributed by atoms with Crippen LogP contribution in [-0.2, 0) is 44.5 Å². The van der Waals surface area contributed by atoms with E-state index in [4.69, 9.17) is 4.74 Å². The lowest BCUT2D eigenvalue weighted by Gasteiger charge is -2.25. The number of halogens is 6. The summed E-state index contributed by atoms with van der Waals surface area (Å²) in [5, 5.41) is 0. The van der Waals surface area contributed by atoms with Crippen LogP contribution in [0.4, 0.5) is 26.3 Å². The summed E-state index contributed by atoms with van der Waals surface area (Å²) in [6, 6.07) is 83.5. The van der Waals surface area contributed by atoms with Gasteiger partial charge in [0.25, 0.3) is 27.8 Å². The Balaban J connectivity index is 0.000000132. The summed E-state index contributed by atoms with van der Waals surface area (Å²) in [6.07, 6.45) is 14.5. The van der Waals surface area contributed by atoms with Crippen LogP contribution in [0, 0.1) is 20.8 Å². The van der Waals surface area contributed by atoms with Crippen molar-refractivity contribution in [2.45, 2.75) is 191 Å². The van der Waals surface area contributed by atoms with Gasteiger partial charge >= 0.3 is 40.8 Å². The van der Waals surface area contributed by atoms with E-state index in [9.17, 15) is 74.3 Å². The number of aryl methyl sites for hydroxylation is 3. The van der Waals surface area contributed by atoms with Crippen molar-refractivity contribution in [1.29, 1.82) is 0 Å². The van der Waals surface area contributed by atoms with Crippen LogP contribution in [0.25, 0.3) is 27.9 Å². The van der Waals surface area contributed by atoms with Crippen LogP contribution in [0.1, 0.15) is 266 Å². The molecule has 5 aromatic heterocycles. The van der Waals surface area contributed by atoms with E-state index in [1.165, 1.54) is 63.2 Å². The van der Waals surface area contributed by atoms with E-state index in [1.54, 1.807) is 38.3 Å². The molecule has 10 N–H and O–H groups in total. The van der Waals surface area contributed by atoms with Crippen LogP contribution in [0.3, 0.4) is 0 Å². The molecule has 0 bridgehead atoms. The molecule has 0 saturated carbocycles. The maximum atomic E-state index is 13.6. The second-order valence-electron chi connectivity index (χ2n) is 38.3. The second kappa shape index (κ2) is 48.1. The van der Waals surface area contributed by atoms with Crippen LogP contribution >= 0.6 is 0 Å². The zero-order chi connectivity index (χ0) is 104. The Morgan fingerprint density at radius 2 is 0.534 bits per heavy atom. The number of rotatable bonds is 21. The van der Waals surface area contributed by atoms with Gasteiger partial charge in [-0.25, -0.2) is 24.0 Å². The van der Waals surface area contributed by atoms with Crippen molar-refractivity contribution in [3.8, 4) is 5.75 Å². The summed E-state index contributed by atoms with van der Waals surface area (Å²) in [6.45, 7) is 5.88. The van der Waals surface area contributed by atoms with E-state index in [-0.39, 0.29) is 57.4 Å². The summed E-state index contributed by atoms with van der Waals surface area (Å²) in [4.78, 5) is 149. The fourth-order valence-corrected chi connectivity index (χ4v) is 20.9. The molecule has 5 unspecified atom stereocenters. The number of aromatic nitrogens is 10. The molecule has 5 heterocycles. The van der Waals surface area contributed by atoms with E-state index >= 15 is 0 Å². The fourth-order valence-electron chi connectivity index (χ4n) is 20.9. The van der Waals surface area contributed by atoms with Gasteiger partial charge in [-0.15, -0.1) is 0 Å². The molecule has 0 spiro atoms. The van der Waals surface area contributed by atoms with E-state index in [0.717, 1.165) is 120 Å². The zero-order valence-corrected chi connectivity index (χ0v) is 82.6. The standard InChI is InChI=1S/C25H23F3N2O2.C24H21F3N2O2.C24H24N2O3.2C24H24N2O2/c1-15-7-12-19(21(13-15)25(26,27)28)17-8-10-18(11-9-17)22-20(23(31)30-24(32)29-22)14-16-5-3-2-4-6-16;25-24(26,27)20-9-5-4-8-18(20)16-10-12-17(13-11-16)21-19(22(30)29-23(31)28-21)14-15-6-2-1-3-7-15;1-29-21-10-6-5-9-19(21)17-11-13-18(14-12-17)22-20(23(27)26-24(28)25-22)15-16-7-3-2-4-8-16;1-16-7-5-6-10-20(16)18-11-13-19(14-12-18)22-21(23(27)26-24(28)25-22)15-17-8-3-2-4-9-17;1-16-6-5-9-20(14-16)18-10-12-19(13-11-18)22-21(23(27)26-24(28)25-22)15-17-7-3-2-4-8-17/h2-8,12-13,18H,9-11,14H2,1H3,(H2,29,30,31,32);1-10,17H,11-14H2,(H2,28,29,30,31);2-11,18H,12-15H2,1H3,(H2,25,26,27,28);2-11,19H,12-15H2,1H3,(H2,25,26,27,28);2-10,14,19H,11-13,15H2,1H3,(H2,25,26,27,28). The molecule has 758 valence electrons. The molecule has 0 amide bonds. The summed E-state index contributed by atoms with van der Waals surface area (Å²) in [5.41, 5.74) is 18.4. The molecule has 5 aliphatic carbocycles. The first kappa shape index (κ1) is 105. The van der Waals surface area contributed by atoms with Gasteiger partial charge in [0.1, 0.15) is 5.75 Å². The van der Waals surface area contributed by atoms with Gasteiger partial charge in [-0.1, -0.05) is 290 Å². The average Bonchev–Trinajstić information content (AvgIpc) is 0.792. The predicted octanol–water partition coefficient (Wildman–Crippen LogP) is 23.0. The number of aromatic amines is 10. The first-order valence-electron chi connectivity index (χ1n) is 49.9. The van der Waals surface area contributed by atoms with Crippen molar-refractivity contribution in [1.82, 2.24) is 49.8 Å². The minimum Gasteiger partial charge on any atom is -0.496 e. The summed E-state index contributed by atoms with van der Waals surface area (Å²) in [5.74, 6) is 1.00. The number of nitrogens with one attached hydrogen (secondary N) is 10. The number of benzene rings is 10. The largest absolute Gasteiger partial charge is 0.496 e. The normalized spacial score (nSPS) is 16.6. The highest BCUT2D eigenvalue weighted by Crippen LogP contribution is 2.46. The van der Waals surface area contributed by atoms with Gasteiger partial charge < -0.3 is 29.7 Å². The highest BCUT2D eigenvalue weighted by Gasteiger charge is 2.38.